The van der Waals surface area contributed by atoms with E-state index in [1.54, 1.807) is 13.0 Å². The number of hydrogen-bond acceptors (Lipinski definition) is 4. The average molecular weight is 291 g/mol. The number of carboxylic acid groups (broad SMARTS) is 1. The van der Waals surface area contributed by atoms with Crippen molar-refractivity contribution in [3.8, 4) is 0 Å². The van der Waals surface area contributed by atoms with Gasteiger partial charge < -0.3 is 14.8 Å². The van der Waals surface area contributed by atoms with Gasteiger partial charge in [-0.15, -0.1) is 11.3 Å². The molecule has 20 heavy (non-hydrogen) atoms. The number of carbonyl (C=O) groups is 2. The summed E-state index contributed by atoms with van der Waals surface area (Å²) >= 11 is 1.46. The summed E-state index contributed by atoms with van der Waals surface area (Å²) in [5.74, 6) is -0.990. The molecule has 0 radical (unpaired) electrons. The van der Waals surface area contributed by atoms with Gasteiger partial charge in [-0.1, -0.05) is 0 Å². The highest BCUT2D eigenvalue weighted by Gasteiger charge is 2.12. The number of aryl methyl sites for hydroxylation is 1. The third-order valence-electron chi connectivity index (χ3n) is 2.66. The largest absolute Gasteiger partial charge is 0.478 e. The highest BCUT2D eigenvalue weighted by atomic mass is 32.1. The number of carbonyl (C=O) groups excluding carboxylic acids is 1. The molecule has 0 fully saturated rings. The second kappa shape index (κ2) is 6.21. The van der Waals surface area contributed by atoms with Crippen molar-refractivity contribution >= 4 is 29.3 Å². The van der Waals surface area contributed by atoms with Crippen molar-refractivity contribution in [2.45, 2.75) is 13.5 Å². The molecule has 0 aliphatic heterocycles. The Hall–Kier alpha value is -2.34. The first kappa shape index (κ1) is 14.1. The fourth-order valence-corrected chi connectivity index (χ4v) is 2.46. The predicted molar refractivity (Wildman–Crippen MR) is 75.6 cm³/mol. The molecule has 6 heteroatoms. The molecule has 0 spiro atoms. The van der Waals surface area contributed by atoms with Crippen LogP contribution < -0.4 is 5.32 Å². The van der Waals surface area contributed by atoms with Crippen molar-refractivity contribution in [1.29, 1.82) is 0 Å². The fraction of sp³-hybridized carbons (Fsp3) is 0.143. The van der Waals surface area contributed by atoms with Gasteiger partial charge in [-0.25, -0.2) is 4.79 Å². The predicted octanol–water partition coefficient (Wildman–Crippen LogP) is 2.68. The summed E-state index contributed by atoms with van der Waals surface area (Å²) in [6.07, 6.45) is 4.05. The Bertz CT molecular complexity index is 654. The first-order valence-corrected chi connectivity index (χ1v) is 6.75. The van der Waals surface area contributed by atoms with E-state index in [0.717, 1.165) is 22.1 Å². The van der Waals surface area contributed by atoms with E-state index in [1.807, 2.05) is 11.4 Å². The maximum absolute atomic E-state index is 11.9. The Balaban J connectivity index is 2.01. The van der Waals surface area contributed by atoms with Gasteiger partial charge >= 0.3 is 5.97 Å². The number of amides is 1. The third-order valence-corrected chi connectivity index (χ3v) is 3.60. The normalized spacial score (nSPS) is 10.8. The molecule has 0 saturated heterocycles. The number of nitrogens with one attached hydrogen (secondary N) is 1. The minimum atomic E-state index is -1.00. The summed E-state index contributed by atoms with van der Waals surface area (Å²) in [5.41, 5.74) is 1.56. The standard InChI is InChI=1S/C14H13NO4S/c1-9-4-6-19-13(9)14(18)15-8-11-10(5-7-20-11)2-3-12(16)17/h2-7H,8H2,1H3,(H,15,18)(H,16,17)/b3-2+. The van der Waals surface area contributed by atoms with E-state index in [9.17, 15) is 9.59 Å². The molecule has 0 bridgehead atoms. The van der Waals surface area contributed by atoms with Gasteiger partial charge in [0.25, 0.3) is 5.91 Å². The molecule has 104 valence electrons. The van der Waals surface area contributed by atoms with Crippen LogP contribution in [0.4, 0.5) is 0 Å². The molecule has 2 aromatic rings. The number of hydrogen-bond donors (Lipinski definition) is 2. The zero-order valence-electron chi connectivity index (χ0n) is 10.8. The monoisotopic (exact) mass is 291 g/mol. The van der Waals surface area contributed by atoms with Crippen LogP contribution in [0.25, 0.3) is 6.08 Å². The van der Waals surface area contributed by atoms with E-state index >= 15 is 0 Å². The van der Waals surface area contributed by atoms with E-state index in [2.05, 4.69) is 5.32 Å². The van der Waals surface area contributed by atoms with Gasteiger partial charge in [0.15, 0.2) is 5.76 Å². The topological polar surface area (TPSA) is 79.5 Å². The lowest BCUT2D eigenvalue weighted by Gasteiger charge is -2.03. The summed E-state index contributed by atoms with van der Waals surface area (Å²) in [6.45, 7) is 2.13. The first-order valence-electron chi connectivity index (χ1n) is 5.87. The summed E-state index contributed by atoms with van der Waals surface area (Å²) < 4.78 is 5.10. The van der Waals surface area contributed by atoms with Gasteiger partial charge in [-0.3, -0.25) is 4.79 Å². The van der Waals surface area contributed by atoms with Crippen LogP contribution in [0.1, 0.15) is 26.6 Å². The van der Waals surface area contributed by atoms with Crippen LogP contribution in [0.5, 0.6) is 0 Å². The van der Waals surface area contributed by atoms with Crippen LogP contribution in [0.15, 0.2) is 34.3 Å². The van der Waals surface area contributed by atoms with Gasteiger partial charge in [0.05, 0.1) is 12.8 Å². The molecule has 0 aliphatic rings. The second-order valence-electron chi connectivity index (χ2n) is 4.09. The zero-order valence-corrected chi connectivity index (χ0v) is 11.6. The number of furan rings is 1. The van der Waals surface area contributed by atoms with E-state index in [4.69, 9.17) is 9.52 Å². The van der Waals surface area contributed by atoms with E-state index in [1.165, 1.54) is 23.7 Å². The minimum absolute atomic E-state index is 0.283. The van der Waals surface area contributed by atoms with Crippen LogP contribution in [-0.4, -0.2) is 17.0 Å². The third kappa shape index (κ3) is 3.36. The molecule has 2 aromatic heterocycles. The second-order valence-corrected chi connectivity index (χ2v) is 5.09. The number of rotatable bonds is 5. The molecule has 0 atom stereocenters. The lowest BCUT2D eigenvalue weighted by atomic mass is 10.2. The smallest absolute Gasteiger partial charge is 0.328 e. The molecular weight excluding hydrogens is 278 g/mol. The average Bonchev–Trinajstić information content (AvgIpc) is 3.02. The molecule has 0 aromatic carbocycles. The maximum Gasteiger partial charge on any atom is 0.328 e. The van der Waals surface area contributed by atoms with E-state index in [0.29, 0.717) is 12.3 Å². The highest BCUT2D eigenvalue weighted by molar-refractivity contribution is 7.10. The quantitative estimate of drug-likeness (QED) is 0.830. The minimum Gasteiger partial charge on any atom is -0.478 e. The molecule has 2 rings (SSSR count). The lowest BCUT2D eigenvalue weighted by Crippen LogP contribution is -2.22. The van der Waals surface area contributed by atoms with Crippen molar-refractivity contribution in [1.82, 2.24) is 5.32 Å². The molecule has 0 aliphatic carbocycles. The Morgan fingerprint density at radius 3 is 2.90 bits per heavy atom. The molecule has 0 unspecified atom stereocenters. The Morgan fingerprint density at radius 1 is 1.45 bits per heavy atom. The Kier molecular flexibility index (Phi) is 4.37. The summed E-state index contributed by atoms with van der Waals surface area (Å²) in [4.78, 5) is 23.3. The SMILES string of the molecule is Cc1ccoc1C(=O)NCc1sccc1/C=C/C(=O)O. The fourth-order valence-electron chi connectivity index (χ4n) is 1.65. The summed E-state index contributed by atoms with van der Waals surface area (Å²) in [6, 6.07) is 3.53. The van der Waals surface area contributed by atoms with Crippen molar-refractivity contribution in [2.24, 2.45) is 0 Å². The van der Waals surface area contributed by atoms with E-state index < -0.39 is 5.97 Å². The Morgan fingerprint density at radius 2 is 2.25 bits per heavy atom. The number of thiophene rings is 1. The van der Waals surface area contributed by atoms with Gasteiger partial charge in [-0.2, -0.15) is 0 Å². The van der Waals surface area contributed by atoms with Crippen molar-refractivity contribution in [2.75, 3.05) is 0 Å². The van der Waals surface area contributed by atoms with Gasteiger partial charge in [0.2, 0.25) is 0 Å². The van der Waals surface area contributed by atoms with Crippen molar-refractivity contribution in [3.63, 3.8) is 0 Å². The van der Waals surface area contributed by atoms with Crippen LogP contribution in [0.3, 0.4) is 0 Å². The van der Waals surface area contributed by atoms with Crippen LogP contribution in [0.2, 0.25) is 0 Å². The lowest BCUT2D eigenvalue weighted by molar-refractivity contribution is -0.131. The highest BCUT2D eigenvalue weighted by Crippen LogP contribution is 2.18. The van der Waals surface area contributed by atoms with Crippen LogP contribution >= 0.6 is 11.3 Å². The zero-order chi connectivity index (χ0) is 14.5. The molecule has 0 saturated carbocycles. The van der Waals surface area contributed by atoms with Gasteiger partial charge in [0.1, 0.15) is 0 Å². The molecule has 5 nitrogen and oxygen atoms in total. The number of carboxylic acids is 1. The Labute approximate surface area is 119 Å². The molecular formula is C14H13NO4S. The van der Waals surface area contributed by atoms with E-state index in [-0.39, 0.29) is 5.91 Å². The van der Waals surface area contributed by atoms with Crippen LogP contribution in [-0.2, 0) is 11.3 Å². The van der Waals surface area contributed by atoms with Crippen molar-refractivity contribution in [3.05, 3.63) is 51.6 Å². The molecule has 1 amide bonds. The van der Waals surface area contributed by atoms with Crippen LogP contribution in [0, 0.1) is 6.92 Å². The number of aliphatic carboxylic acids is 1. The molecule has 2 heterocycles. The van der Waals surface area contributed by atoms with Crippen molar-refractivity contribution < 1.29 is 19.1 Å². The summed E-state index contributed by atoms with van der Waals surface area (Å²) in [5, 5.41) is 13.2. The van der Waals surface area contributed by atoms with Gasteiger partial charge in [0, 0.05) is 16.5 Å². The first-order chi connectivity index (χ1) is 9.58. The maximum atomic E-state index is 11.9. The summed E-state index contributed by atoms with van der Waals surface area (Å²) in [7, 11) is 0. The van der Waals surface area contributed by atoms with Gasteiger partial charge in [-0.05, 0) is 36.1 Å². The molecule has 2 N–H and O–H groups in total.